The van der Waals surface area contributed by atoms with Gasteiger partial charge in [0.25, 0.3) is 0 Å². The lowest BCUT2D eigenvalue weighted by atomic mass is 9.89. The number of hydrogen-bond donors (Lipinski definition) is 0. The standard InChI is InChI=1S/C32H31FN2O4/c1-18-13-20(32-34-11-12-35(32)3)14-19(2)30(18)24-7-9-26(33)31-25(24)8-10-27(31)39-22-5-6-23-21(15-29(36)37-4)17-38-28(23)16-22/h5-7,9,11-14,16,21,27H,8,10,15,17H2,1-4H3/t21-,27-/m1/s1. The van der Waals surface area contributed by atoms with Gasteiger partial charge in [-0.3, -0.25) is 4.79 Å². The molecule has 0 unspecified atom stereocenters. The largest absolute Gasteiger partial charge is 0.492 e. The summed E-state index contributed by atoms with van der Waals surface area (Å²) in [7, 11) is 3.38. The minimum atomic E-state index is -0.391. The first-order chi connectivity index (χ1) is 18.8. The van der Waals surface area contributed by atoms with E-state index >= 15 is 4.39 Å². The van der Waals surface area contributed by atoms with Crippen LogP contribution in [0, 0.1) is 19.7 Å². The van der Waals surface area contributed by atoms with Crippen LogP contribution in [0.15, 0.2) is 54.9 Å². The summed E-state index contributed by atoms with van der Waals surface area (Å²) in [5, 5.41) is 0. The molecule has 3 aromatic carbocycles. The maximum absolute atomic E-state index is 15.3. The van der Waals surface area contributed by atoms with Crippen LogP contribution >= 0.6 is 0 Å². The molecule has 1 aliphatic heterocycles. The monoisotopic (exact) mass is 526 g/mol. The number of methoxy groups -OCH3 is 1. The smallest absolute Gasteiger partial charge is 0.306 e. The number of aryl methyl sites for hydroxylation is 3. The third-order valence-electron chi connectivity index (χ3n) is 7.95. The number of halogens is 1. The molecule has 0 fully saturated rings. The highest BCUT2D eigenvalue weighted by Gasteiger charge is 2.32. The van der Waals surface area contributed by atoms with Gasteiger partial charge in [-0.1, -0.05) is 12.1 Å². The van der Waals surface area contributed by atoms with E-state index in [2.05, 4.69) is 31.0 Å². The molecule has 2 atom stereocenters. The number of nitrogens with zero attached hydrogens (tertiary/aromatic N) is 2. The average Bonchev–Trinajstić information content (AvgIpc) is 3.64. The lowest BCUT2D eigenvalue weighted by Crippen LogP contribution is -2.09. The number of hydrogen-bond acceptors (Lipinski definition) is 5. The molecule has 0 N–H and O–H groups in total. The van der Waals surface area contributed by atoms with Gasteiger partial charge >= 0.3 is 5.97 Å². The number of carbonyl (C=O) groups is 1. The van der Waals surface area contributed by atoms with Gasteiger partial charge in [0.2, 0.25) is 0 Å². The third kappa shape index (κ3) is 4.46. The molecular formula is C32H31FN2O4. The molecular weight excluding hydrogens is 495 g/mol. The first kappa shape index (κ1) is 25.2. The topological polar surface area (TPSA) is 62.6 Å². The number of rotatable bonds is 6. The van der Waals surface area contributed by atoms with E-state index in [1.54, 1.807) is 12.3 Å². The second-order valence-electron chi connectivity index (χ2n) is 10.5. The molecule has 1 aliphatic carbocycles. The summed E-state index contributed by atoms with van der Waals surface area (Å²) in [6.45, 7) is 4.63. The summed E-state index contributed by atoms with van der Waals surface area (Å²) >= 11 is 0. The molecule has 0 saturated carbocycles. The fourth-order valence-corrected chi connectivity index (χ4v) is 6.13. The highest BCUT2D eigenvalue weighted by Crippen LogP contribution is 2.45. The van der Waals surface area contributed by atoms with Crippen LogP contribution in [0.1, 0.15) is 52.7 Å². The van der Waals surface area contributed by atoms with Crippen LogP contribution in [0.3, 0.4) is 0 Å². The molecule has 0 bridgehead atoms. The Hall–Kier alpha value is -4.13. The summed E-state index contributed by atoms with van der Waals surface area (Å²) in [6.07, 6.45) is 5.04. The summed E-state index contributed by atoms with van der Waals surface area (Å²) < 4.78 is 34.3. The quantitative estimate of drug-likeness (QED) is 0.265. The zero-order valence-electron chi connectivity index (χ0n) is 22.6. The number of benzene rings is 3. The molecule has 0 saturated heterocycles. The van der Waals surface area contributed by atoms with E-state index in [9.17, 15) is 4.79 Å². The van der Waals surface area contributed by atoms with E-state index in [0.29, 0.717) is 30.1 Å². The van der Waals surface area contributed by atoms with Crippen molar-refractivity contribution in [3.8, 4) is 34.0 Å². The van der Waals surface area contributed by atoms with E-state index in [1.807, 2.05) is 42.1 Å². The predicted octanol–water partition coefficient (Wildman–Crippen LogP) is 6.62. The van der Waals surface area contributed by atoms with Crippen molar-refractivity contribution in [1.82, 2.24) is 9.55 Å². The first-order valence-electron chi connectivity index (χ1n) is 13.2. The van der Waals surface area contributed by atoms with Crippen LogP contribution in [-0.2, 0) is 23.0 Å². The van der Waals surface area contributed by atoms with Gasteiger partial charge in [0.15, 0.2) is 0 Å². The number of carbonyl (C=O) groups excluding carboxylic acids is 1. The molecule has 0 spiro atoms. The lowest BCUT2D eigenvalue weighted by molar-refractivity contribution is -0.141. The third-order valence-corrected chi connectivity index (χ3v) is 7.95. The van der Waals surface area contributed by atoms with Gasteiger partial charge in [0, 0.05) is 48.1 Å². The molecule has 7 heteroatoms. The fourth-order valence-electron chi connectivity index (χ4n) is 6.13. The second-order valence-corrected chi connectivity index (χ2v) is 10.5. The molecule has 6 nitrogen and oxygen atoms in total. The van der Waals surface area contributed by atoms with Crippen LogP contribution in [0.2, 0.25) is 0 Å². The molecule has 0 radical (unpaired) electrons. The van der Waals surface area contributed by atoms with Crippen LogP contribution in [0.5, 0.6) is 11.5 Å². The second kappa shape index (κ2) is 9.88. The molecule has 39 heavy (non-hydrogen) atoms. The van der Waals surface area contributed by atoms with Crippen LogP contribution in [-0.4, -0.2) is 29.2 Å². The Bertz CT molecular complexity index is 1570. The summed E-state index contributed by atoms with van der Waals surface area (Å²) in [5.74, 6) is 1.70. The predicted molar refractivity (Wildman–Crippen MR) is 147 cm³/mol. The minimum Gasteiger partial charge on any atom is -0.492 e. The van der Waals surface area contributed by atoms with E-state index in [1.165, 1.54) is 7.11 Å². The molecule has 4 aromatic rings. The van der Waals surface area contributed by atoms with Crippen LogP contribution < -0.4 is 9.47 Å². The van der Waals surface area contributed by atoms with Gasteiger partial charge in [0.05, 0.1) is 20.1 Å². The van der Waals surface area contributed by atoms with Crippen molar-refractivity contribution in [2.45, 2.75) is 45.1 Å². The zero-order valence-corrected chi connectivity index (χ0v) is 22.6. The molecule has 200 valence electrons. The summed E-state index contributed by atoms with van der Waals surface area (Å²) in [5.41, 5.74) is 8.11. The van der Waals surface area contributed by atoms with Gasteiger partial charge in [-0.15, -0.1) is 0 Å². The molecule has 1 aromatic heterocycles. The van der Waals surface area contributed by atoms with Gasteiger partial charge in [-0.25, -0.2) is 9.37 Å². The normalized spacial score (nSPS) is 17.5. The zero-order chi connectivity index (χ0) is 27.3. The van der Waals surface area contributed by atoms with Crippen molar-refractivity contribution in [3.63, 3.8) is 0 Å². The van der Waals surface area contributed by atoms with Crippen molar-refractivity contribution in [2.24, 2.45) is 7.05 Å². The number of ether oxygens (including phenoxy) is 3. The Morgan fingerprint density at radius 3 is 2.67 bits per heavy atom. The molecule has 0 amide bonds. The number of fused-ring (bicyclic) bond motifs is 2. The van der Waals surface area contributed by atoms with Gasteiger partial charge in [0.1, 0.15) is 29.2 Å². The lowest BCUT2D eigenvalue weighted by Gasteiger charge is -2.19. The first-order valence-corrected chi connectivity index (χ1v) is 13.2. The van der Waals surface area contributed by atoms with E-state index in [0.717, 1.165) is 51.2 Å². The number of esters is 1. The SMILES string of the molecule is COC(=O)C[C@@H]1COc2cc(O[C@@H]3CCc4c(-c5c(C)cc(-c6nccn6C)cc5C)ccc(F)c43)ccc21. The molecule has 2 heterocycles. The van der Waals surface area contributed by atoms with Crippen molar-refractivity contribution < 1.29 is 23.4 Å². The number of aromatic nitrogens is 2. The van der Waals surface area contributed by atoms with Crippen LogP contribution in [0.4, 0.5) is 4.39 Å². The van der Waals surface area contributed by atoms with E-state index in [4.69, 9.17) is 14.2 Å². The van der Waals surface area contributed by atoms with Gasteiger partial charge < -0.3 is 18.8 Å². The maximum atomic E-state index is 15.3. The van der Waals surface area contributed by atoms with Crippen molar-refractivity contribution in [1.29, 1.82) is 0 Å². The minimum absolute atomic E-state index is 0.0380. The van der Waals surface area contributed by atoms with Gasteiger partial charge in [-0.2, -0.15) is 0 Å². The van der Waals surface area contributed by atoms with E-state index < -0.39 is 6.10 Å². The molecule has 2 aliphatic rings. The Morgan fingerprint density at radius 1 is 1.15 bits per heavy atom. The highest BCUT2D eigenvalue weighted by atomic mass is 19.1. The summed E-state index contributed by atoms with van der Waals surface area (Å²) in [4.78, 5) is 16.2. The molecule has 6 rings (SSSR count). The van der Waals surface area contributed by atoms with Crippen molar-refractivity contribution >= 4 is 5.97 Å². The van der Waals surface area contributed by atoms with Crippen LogP contribution in [0.25, 0.3) is 22.5 Å². The Morgan fingerprint density at radius 2 is 1.95 bits per heavy atom. The fraction of sp³-hybridized carbons (Fsp3) is 0.312. The maximum Gasteiger partial charge on any atom is 0.306 e. The Kier molecular flexibility index (Phi) is 6.37. The highest BCUT2D eigenvalue weighted by molar-refractivity contribution is 5.78. The summed E-state index contributed by atoms with van der Waals surface area (Å²) in [6, 6.07) is 13.4. The van der Waals surface area contributed by atoms with Crippen molar-refractivity contribution in [3.05, 3.63) is 88.5 Å². The van der Waals surface area contributed by atoms with Gasteiger partial charge in [-0.05, 0) is 78.8 Å². The Labute approximate surface area is 227 Å². The number of imidazole rings is 1. The van der Waals surface area contributed by atoms with Crippen molar-refractivity contribution in [2.75, 3.05) is 13.7 Å². The van der Waals surface area contributed by atoms with E-state index in [-0.39, 0.29) is 24.1 Å². The average molecular weight is 527 g/mol. The Balaban J connectivity index is 1.30.